The van der Waals surface area contributed by atoms with Crippen LogP contribution in [0.15, 0.2) is 30.3 Å². The van der Waals surface area contributed by atoms with Crippen molar-refractivity contribution in [2.24, 2.45) is 5.92 Å². The van der Waals surface area contributed by atoms with E-state index in [0.29, 0.717) is 12.0 Å². The minimum atomic E-state index is -0.126. The molecule has 0 radical (unpaired) electrons. The second-order valence-corrected chi connectivity index (χ2v) is 6.24. The van der Waals surface area contributed by atoms with Gasteiger partial charge in [-0.25, -0.2) is 0 Å². The summed E-state index contributed by atoms with van der Waals surface area (Å²) in [6.45, 7) is 4.49. The van der Waals surface area contributed by atoms with E-state index in [9.17, 15) is 4.79 Å². The van der Waals surface area contributed by atoms with E-state index in [1.165, 1.54) is 5.56 Å². The molecule has 2 aliphatic rings. The fraction of sp³-hybridized carbons (Fsp3) is 0.562. The summed E-state index contributed by atoms with van der Waals surface area (Å²) in [6, 6.07) is 10.9. The average molecular weight is 273 g/mol. The third-order valence-electron chi connectivity index (χ3n) is 4.71. The van der Waals surface area contributed by atoms with Gasteiger partial charge in [0.1, 0.15) is 0 Å². The molecule has 20 heavy (non-hydrogen) atoms. The average Bonchev–Trinajstić information content (AvgIpc) is 2.76. The van der Waals surface area contributed by atoms with E-state index < -0.39 is 0 Å². The van der Waals surface area contributed by atoms with E-state index in [4.69, 9.17) is 0 Å². The van der Waals surface area contributed by atoms with E-state index in [0.717, 1.165) is 26.1 Å². The third kappa shape index (κ3) is 2.34. The smallest absolute Gasteiger partial charge is 0.217 e. The first-order valence-electron chi connectivity index (χ1n) is 7.36. The number of hydrogen-bond donors (Lipinski definition) is 2. The fourth-order valence-electron chi connectivity index (χ4n) is 3.96. The predicted octanol–water partition coefficient (Wildman–Crippen LogP) is 1.16. The number of nitrogens with zero attached hydrogens (tertiary/aromatic N) is 1. The van der Waals surface area contributed by atoms with Crippen molar-refractivity contribution in [3.05, 3.63) is 35.9 Å². The van der Waals surface area contributed by atoms with Gasteiger partial charge in [0, 0.05) is 32.0 Å². The Bertz CT molecular complexity index is 490. The Labute approximate surface area is 120 Å². The largest absolute Gasteiger partial charge is 0.348 e. The second kappa shape index (κ2) is 5.19. The van der Waals surface area contributed by atoms with Crippen LogP contribution in [0.25, 0.3) is 0 Å². The topological polar surface area (TPSA) is 44.4 Å². The van der Waals surface area contributed by atoms with Crippen LogP contribution in [-0.4, -0.2) is 43.0 Å². The van der Waals surface area contributed by atoms with Crippen molar-refractivity contribution in [2.45, 2.75) is 24.9 Å². The maximum Gasteiger partial charge on any atom is 0.217 e. The van der Waals surface area contributed by atoms with Crippen molar-refractivity contribution >= 4 is 5.91 Å². The van der Waals surface area contributed by atoms with E-state index >= 15 is 0 Å². The Morgan fingerprint density at radius 2 is 2.15 bits per heavy atom. The highest BCUT2D eigenvalue weighted by Crippen LogP contribution is 2.41. The first kappa shape index (κ1) is 13.6. The van der Waals surface area contributed by atoms with Crippen LogP contribution in [0.5, 0.6) is 0 Å². The van der Waals surface area contributed by atoms with Crippen LogP contribution in [0.2, 0.25) is 0 Å². The highest BCUT2D eigenvalue weighted by atomic mass is 16.1. The van der Waals surface area contributed by atoms with Gasteiger partial charge in [0.15, 0.2) is 0 Å². The summed E-state index contributed by atoms with van der Waals surface area (Å²) in [6.07, 6.45) is 1.11. The lowest BCUT2D eigenvalue weighted by molar-refractivity contribution is -0.122. The number of amides is 1. The minimum Gasteiger partial charge on any atom is -0.348 e. The number of piperidine rings is 1. The summed E-state index contributed by atoms with van der Waals surface area (Å²) in [5, 5.41) is 6.88. The first-order valence-corrected chi connectivity index (χ1v) is 7.36. The molecule has 0 aromatic heterocycles. The summed E-state index contributed by atoms with van der Waals surface area (Å²) < 4.78 is 0. The summed E-state index contributed by atoms with van der Waals surface area (Å²) >= 11 is 0. The SMILES string of the molecule is CC(=O)N[C@]12CN[C@H](c3ccccc3)[C@H]1CCN(C)C2. The Hall–Kier alpha value is -1.39. The van der Waals surface area contributed by atoms with Crippen molar-refractivity contribution < 1.29 is 4.79 Å². The van der Waals surface area contributed by atoms with E-state index in [-0.39, 0.29) is 11.4 Å². The number of likely N-dealkylation sites (tertiary alicyclic amines) is 1. The van der Waals surface area contributed by atoms with Crippen LogP contribution in [0.4, 0.5) is 0 Å². The molecule has 2 aliphatic heterocycles. The second-order valence-electron chi connectivity index (χ2n) is 6.24. The molecule has 108 valence electrons. The molecule has 0 aliphatic carbocycles. The van der Waals surface area contributed by atoms with Crippen LogP contribution < -0.4 is 10.6 Å². The molecule has 3 rings (SSSR count). The summed E-state index contributed by atoms with van der Waals surface area (Å²) in [4.78, 5) is 14.0. The molecule has 2 saturated heterocycles. The molecule has 4 nitrogen and oxygen atoms in total. The van der Waals surface area contributed by atoms with Gasteiger partial charge in [-0.05, 0) is 25.6 Å². The quantitative estimate of drug-likeness (QED) is 0.850. The maximum absolute atomic E-state index is 11.6. The molecular weight excluding hydrogens is 250 g/mol. The van der Waals surface area contributed by atoms with Gasteiger partial charge in [0.2, 0.25) is 5.91 Å². The Morgan fingerprint density at radius 1 is 1.40 bits per heavy atom. The van der Waals surface area contributed by atoms with E-state index in [1.807, 2.05) is 6.07 Å². The zero-order chi connectivity index (χ0) is 14.2. The summed E-state index contributed by atoms with van der Waals surface area (Å²) in [7, 11) is 2.13. The van der Waals surface area contributed by atoms with Crippen molar-refractivity contribution in [1.82, 2.24) is 15.5 Å². The van der Waals surface area contributed by atoms with Crippen molar-refractivity contribution in [3.8, 4) is 0 Å². The van der Waals surface area contributed by atoms with Crippen LogP contribution >= 0.6 is 0 Å². The minimum absolute atomic E-state index is 0.0702. The Morgan fingerprint density at radius 3 is 2.85 bits per heavy atom. The Balaban J connectivity index is 1.89. The summed E-state index contributed by atoms with van der Waals surface area (Å²) in [5.74, 6) is 0.533. The molecule has 0 spiro atoms. The summed E-state index contributed by atoms with van der Waals surface area (Å²) in [5.41, 5.74) is 1.20. The number of rotatable bonds is 2. The number of benzene rings is 1. The highest BCUT2D eigenvalue weighted by Gasteiger charge is 2.51. The molecule has 0 saturated carbocycles. The molecule has 0 unspecified atom stereocenters. The molecule has 3 atom stereocenters. The lowest BCUT2D eigenvalue weighted by Gasteiger charge is -2.44. The molecule has 1 amide bonds. The molecular formula is C16H23N3O. The third-order valence-corrected chi connectivity index (χ3v) is 4.71. The number of carbonyl (C=O) groups excluding carboxylic acids is 1. The van der Waals surface area contributed by atoms with Crippen LogP contribution in [0.1, 0.15) is 24.9 Å². The maximum atomic E-state index is 11.6. The lowest BCUT2D eigenvalue weighted by Crippen LogP contribution is -2.62. The van der Waals surface area contributed by atoms with Crippen molar-refractivity contribution in [3.63, 3.8) is 0 Å². The monoisotopic (exact) mass is 273 g/mol. The number of carbonyl (C=O) groups is 1. The number of likely N-dealkylation sites (N-methyl/N-ethyl adjacent to an activating group) is 1. The zero-order valence-electron chi connectivity index (χ0n) is 12.2. The van der Waals surface area contributed by atoms with Gasteiger partial charge < -0.3 is 15.5 Å². The standard InChI is InChI=1S/C16H23N3O/c1-12(20)18-16-10-17-15(13-6-4-3-5-7-13)14(16)8-9-19(2)11-16/h3-7,14-15,17H,8-11H2,1-2H3,(H,18,20)/t14-,15-,16+/m1/s1. The van der Waals surface area contributed by atoms with Crippen LogP contribution in [0.3, 0.4) is 0 Å². The first-order chi connectivity index (χ1) is 9.61. The van der Waals surface area contributed by atoms with Gasteiger partial charge in [0.25, 0.3) is 0 Å². The zero-order valence-corrected chi connectivity index (χ0v) is 12.2. The molecule has 1 aromatic rings. The van der Waals surface area contributed by atoms with Gasteiger partial charge in [-0.1, -0.05) is 30.3 Å². The van der Waals surface area contributed by atoms with Gasteiger partial charge in [0.05, 0.1) is 5.54 Å². The van der Waals surface area contributed by atoms with E-state index in [1.54, 1.807) is 6.92 Å². The number of fused-ring (bicyclic) bond motifs is 1. The molecule has 2 fully saturated rings. The highest BCUT2D eigenvalue weighted by molar-refractivity contribution is 5.74. The number of nitrogens with one attached hydrogen (secondary N) is 2. The molecule has 2 N–H and O–H groups in total. The van der Waals surface area contributed by atoms with E-state index in [2.05, 4.69) is 46.8 Å². The van der Waals surface area contributed by atoms with Gasteiger partial charge in [-0.3, -0.25) is 4.79 Å². The van der Waals surface area contributed by atoms with Gasteiger partial charge in [-0.15, -0.1) is 0 Å². The van der Waals surface area contributed by atoms with Crippen LogP contribution in [0, 0.1) is 5.92 Å². The molecule has 0 bridgehead atoms. The van der Waals surface area contributed by atoms with Crippen molar-refractivity contribution in [1.29, 1.82) is 0 Å². The van der Waals surface area contributed by atoms with Gasteiger partial charge >= 0.3 is 0 Å². The normalized spacial score (nSPS) is 33.7. The fourth-order valence-corrected chi connectivity index (χ4v) is 3.96. The Kier molecular flexibility index (Phi) is 3.52. The van der Waals surface area contributed by atoms with Crippen LogP contribution in [-0.2, 0) is 4.79 Å². The molecule has 4 heteroatoms. The van der Waals surface area contributed by atoms with Gasteiger partial charge in [-0.2, -0.15) is 0 Å². The lowest BCUT2D eigenvalue weighted by atomic mass is 9.76. The molecule has 2 heterocycles. The number of hydrogen-bond acceptors (Lipinski definition) is 3. The molecule has 1 aromatic carbocycles. The van der Waals surface area contributed by atoms with Crippen molar-refractivity contribution in [2.75, 3.05) is 26.7 Å². The predicted molar refractivity (Wildman–Crippen MR) is 79.3 cm³/mol.